The van der Waals surface area contributed by atoms with Crippen LogP contribution in [0.2, 0.25) is 5.15 Å². The van der Waals surface area contributed by atoms with Gasteiger partial charge in [-0.2, -0.15) is 4.98 Å². The van der Waals surface area contributed by atoms with E-state index in [-0.39, 0.29) is 10.8 Å². The molecule has 0 bridgehead atoms. The summed E-state index contributed by atoms with van der Waals surface area (Å²) in [6, 6.07) is 0. The highest BCUT2D eigenvalue weighted by Crippen LogP contribution is 2.23. The molecule has 0 aliphatic carbocycles. The fourth-order valence-electron chi connectivity index (χ4n) is 0.871. The minimum Gasteiger partial charge on any atom is -0.476 e. The lowest BCUT2D eigenvalue weighted by Crippen LogP contribution is -2.03. The predicted molar refractivity (Wildman–Crippen MR) is 56.4 cm³/mol. The van der Waals surface area contributed by atoms with Gasteiger partial charge in [-0.05, 0) is 12.8 Å². The Morgan fingerprint density at radius 3 is 3.07 bits per heavy atom. The third-order valence-electron chi connectivity index (χ3n) is 1.59. The molecule has 76 valence electrons. The van der Waals surface area contributed by atoms with Gasteiger partial charge in [-0.15, -0.1) is 6.58 Å². The van der Waals surface area contributed by atoms with E-state index in [2.05, 4.69) is 16.5 Å². The molecule has 0 radical (unpaired) electrons. The van der Waals surface area contributed by atoms with Gasteiger partial charge in [0.25, 0.3) is 0 Å². The number of nitrogens with zero attached hydrogens (tertiary/aromatic N) is 2. The van der Waals surface area contributed by atoms with Crippen molar-refractivity contribution in [3.8, 4) is 5.88 Å². The molecule has 0 amide bonds. The maximum Gasteiger partial charge on any atom is 0.241 e. The van der Waals surface area contributed by atoms with Crippen LogP contribution < -0.4 is 10.5 Å². The molecule has 5 heteroatoms. The number of ether oxygens (including phenoxy) is 1. The van der Waals surface area contributed by atoms with Crippen LogP contribution in [0.5, 0.6) is 5.88 Å². The number of nitrogens with two attached hydrogens (primary N) is 1. The van der Waals surface area contributed by atoms with Gasteiger partial charge in [0.1, 0.15) is 12.0 Å². The Morgan fingerprint density at radius 2 is 2.36 bits per heavy atom. The average Bonchev–Trinajstić information content (AvgIpc) is 2.19. The Balaban J connectivity index is 2.50. The Bertz CT molecular complexity index is 317. The summed E-state index contributed by atoms with van der Waals surface area (Å²) in [4.78, 5) is 7.59. The van der Waals surface area contributed by atoms with Gasteiger partial charge in [0, 0.05) is 0 Å². The molecule has 0 atom stereocenters. The van der Waals surface area contributed by atoms with Crippen molar-refractivity contribution in [1.82, 2.24) is 9.97 Å². The molecule has 0 spiro atoms. The normalized spacial score (nSPS) is 9.79. The number of aromatic nitrogens is 2. The number of hydrogen-bond acceptors (Lipinski definition) is 4. The van der Waals surface area contributed by atoms with Crippen molar-refractivity contribution >= 4 is 17.3 Å². The number of nitrogen functional groups attached to an aromatic ring is 1. The second-order valence-corrected chi connectivity index (χ2v) is 3.02. The molecule has 0 fully saturated rings. The van der Waals surface area contributed by atoms with Gasteiger partial charge < -0.3 is 10.5 Å². The Morgan fingerprint density at radius 1 is 1.57 bits per heavy atom. The van der Waals surface area contributed by atoms with Crippen LogP contribution in [0.4, 0.5) is 5.69 Å². The SMILES string of the molecule is C=CCCCOc1ncnc(Cl)c1N. The molecule has 0 unspecified atom stereocenters. The van der Waals surface area contributed by atoms with Gasteiger partial charge in [0.15, 0.2) is 5.15 Å². The second kappa shape index (κ2) is 5.44. The Kier molecular flexibility index (Phi) is 4.19. The lowest BCUT2D eigenvalue weighted by atomic mass is 10.3. The van der Waals surface area contributed by atoms with Crippen molar-refractivity contribution in [1.29, 1.82) is 0 Å². The van der Waals surface area contributed by atoms with Gasteiger partial charge >= 0.3 is 0 Å². The summed E-state index contributed by atoms with van der Waals surface area (Å²) in [7, 11) is 0. The number of unbranched alkanes of at least 4 members (excludes halogenated alkanes) is 1. The Labute approximate surface area is 87.8 Å². The lowest BCUT2D eigenvalue weighted by Gasteiger charge is -2.06. The summed E-state index contributed by atoms with van der Waals surface area (Å²) in [5.41, 5.74) is 5.88. The Hall–Kier alpha value is -1.29. The number of hydrogen-bond donors (Lipinski definition) is 1. The topological polar surface area (TPSA) is 61.0 Å². The molecular formula is C9H12ClN3O. The molecule has 1 aromatic heterocycles. The first kappa shape index (κ1) is 10.8. The zero-order valence-corrected chi connectivity index (χ0v) is 8.50. The first-order chi connectivity index (χ1) is 6.75. The van der Waals surface area contributed by atoms with Crippen molar-refractivity contribution in [3.05, 3.63) is 24.1 Å². The third-order valence-corrected chi connectivity index (χ3v) is 1.89. The van der Waals surface area contributed by atoms with Gasteiger partial charge in [-0.1, -0.05) is 17.7 Å². The van der Waals surface area contributed by atoms with Gasteiger partial charge in [-0.25, -0.2) is 4.98 Å². The zero-order chi connectivity index (χ0) is 10.4. The van der Waals surface area contributed by atoms with E-state index in [1.807, 2.05) is 6.08 Å². The molecule has 0 saturated heterocycles. The molecule has 4 nitrogen and oxygen atoms in total. The zero-order valence-electron chi connectivity index (χ0n) is 7.74. The van der Waals surface area contributed by atoms with Crippen molar-refractivity contribution < 1.29 is 4.74 Å². The summed E-state index contributed by atoms with van der Waals surface area (Å²) in [5, 5.41) is 0.221. The van der Waals surface area contributed by atoms with Crippen LogP contribution in [0, 0.1) is 0 Å². The molecule has 0 aromatic carbocycles. The van der Waals surface area contributed by atoms with Crippen LogP contribution in [-0.2, 0) is 0 Å². The molecule has 1 heterocycles. The van der Waals surface area contributed by atoms with Crippen molar-refractivity contribution in [3.63, 3.8) is 0 Å². The highest BCUT2D eigenvalue weighted by molar-refractivity contribution is 6.32. The number of halogens is 1. The minimum atomic E-state index is 0.221. The molecule has 0 aliphatic heterocycles. The van der Waals surface area contributed by atoms with Crippen LogP contribution in [0.3, 0.4) is 0 Å². The van der Waals surface area contributed by atoms with E-state index in [4.69, 9.17) is 22.1 Å². The lowest BCUT2D eigenvalue weighted by molar-refractivity contribution is 0.301. The summed E-state index contributed by atoms with van der Waals surface area (Å²) in [6.45, 7) is 4.16. The van der Waals surface area contributed by atoms with Gasteiger partial charge in [0.05, 0.1) is 6.61 Å². The van der Waals surface area contributed by atoms with Crippen molar-refractivity contribution in [2.24, 2.45) is 0 Å². The quantitative estimate of drug-likeness (QED) is 0.462. The molecule has 1 aromatic rings. The first-order valence-corrected chi connectivity index (χ1v) is 4.63. The molecule has 2 N–H and O–H groups in total. The largest absolute Gasteiger partial charge is 0.476 e. The van der Waals surface area contributed by atoms with Crippen molar-refractivity contribution in [2.75, 3.05) is 12.3 Å². The monoisotopic (exact) mass is 213 g/mol. The highest BCUT2D eigenvalue weighted by atomic mass is 35.5. The fourth-order valence-corrected chi connectivity index (χ4v) is 0.995. The molecular weight excluding hydrogens is 202 g/mol. The summed E-state index contributed by atoms with van der Waals surface area (Å²) < 4.78 is 5.31. The van der Waals surface area contributed by atoms with E-state index in [0.717, 1.165) is 12.8 Å². The minimum absolute atomic E-state index is 0.221. The van der Waals surface area contributed by atoms with E-state index in [1.54, 1.807) is 0 Å². The predicted octanol–water partition coefficient (Wildman–Crippen LogP) is 2.06. The molecule has 14 heavy (non-hydrogen) atoms. The third kappa shape index (κ3) is 2.88. The first-order valence-electron chi connectivity index (χ1n) is 4.25. The van der Waals surface area contributed by atoms with Crippen LogP contribution >= 0.6 is 11.6 Å². The smallest absolute Gasteiger partial charge is 0.241 e. The summed E-state index contributed by atoms with van der Waals surface area (Å²) in [6.07, 6.45) is 4.94. The molecule has 0 aliphatic rings. The summed E-state index contributed by atoms with van der Waals surface area (Å²) in [5.74, 6) is 0.342. The maximum absolute atomic E-state index is 5.68. The van der Waals surface area contributed by atoms with E-state index in [9.17, 15) is 0 Å². The van der Waals surface area contributed by atoms with Crippen LogP contribution in [0.1, 0.15) is 12.8 Å². The fraction of sp³-hybridized carbons (Fsp3) is 0.333. The van der Waals surface area contributed by atoms with Gasteiger partial charge in [0.2, 0.25) is 5.88 Å². The van der Waals surface area contributed by atoms with E-state index >= 15 is 0 Å². The maximum atomic E-state index is 5.68. The number of anilines is 1. The van der Waals surface area contributed by atoms with Gasteiger partial charge in [-0.3, -0.25) is 0 Å². The van der Waals surface area contributed by atoms with Crippen LogP contribution in [-0.4, -0.2) is 16.6 Å². The summed E-state index contributed by atoms with van der Waals surface area (Å²) >= 11 is 5.68. The average molecular weight is 214 g/mol. The van der Waals surface area contributed by atoms with Crippen LogP contribution in [0.25, 0.3) is 0 Å². The second-order valence-electron chi connectivity index (χ2n) is 2.66. The van der Waals surface area contributed by atoms with E-state index in [0.29, 0.717) is 12.5 Å². The highest BCUT2D eigenvalue weighted by Gasteiger charge is 2.05. The van der Waals surface area contributed by atoms with Crippen LogP contribution in [0.15, 0.2) is 19.0 Å². The number of rotatable bonds is 5. The van der Waals surface area contributed by atoms with Crippen molar-refractivity contribution in [2.45, 2.75) is 12.8 Å². The molecule has 1 rings (SSSR count). The standard InChI is InChI=1S/C9H12ClN3O/c1-2-3-4-5-14-9-7(11)8(10)12-6-13-9/h2,6H,1,3-5,11H2. The number of allylic oxidation sites excluding steroid dienone is 1. The van der Waals surface area contributed by atoms with E-state index < -0.39 is 0 Å². The van der Waals surface area contributed by atoms with E-state index in [1.165, 1.54) is 6.33 Å². The molecule has 0 saturated carbocycles.